The number of imidazole rings is 1. The van der Waals surface area contributed by atoms with E-state index in [4.69, 9.17) is 10.7 Å². The first-order chi connectivity index (χ1) is 19.3. The predicted octanol–water partition coefficient (Wildman–Crippen LogP) is 3.96. The predicted molar refractivity (Wildman–Crippen MR) is 156 cm³/mol. The monoisotopic (exact) mass is 543 g/mol. The third-order valence-corrected chi connectivity index (χ3v) is 10.5. The molecule has 0 amide bonds. The number of aliphatic hydroxyl groups excluding tert-OH is 2. The molecule has 1 aromatic carbocycles. The van der Waals surface area contributed by atoms with E-state index in [1.54, 1.807) is 0 Å². The fourth-order valence-electron chi connectivity index (χ4n) is 7.52. The minimum atomic E-state index is -0.837. The number of hydrogen-bond donors (Lipinski definition) is 4. The SMILES string of the molecule is CN(C[C@@H]1C[C@H](n2ccc3c(N)ncnc32)[C@H](O)[C@H]1O)C1CC(CCc2nc3cc(C4(C)CCC4)ccc3[nH]2)C1. The van der Waals surface area contributed by atoms with E-state index < -0.39 is 12.2 Å². The number of aromatic nitrogens is 5. The van der Waals surface area contributed by atoms with Gasteiger partial charge in [0.25, 0.3) is 0 Å². The van der Waals surface area contributed by atoms with E-state index in [1.165, 1.54) is 44.0 Å². The molecule has 5 N–H and O–H groups in total. The smallest absolute Gasteiger partial charge is 0.145 e. The first kappa shape index (κ1) is 25.9. The first-order valence-electron chi connectivity index (χ1n) is 14.9. The van der Waals surface area contributed by atoms with Crippen molar-refractivity contribution in [3.63, 3.8) is 0 Å². The van der Waals surface area contributed by atoms with Gasteiger partial charge in [0.05, 0.1) is 28.6 Å². The number of aryl methyl sites for hydroxylation is 1. The van der Waals surface area contributed by atoms with Gasteiger partial charge in [-0.2, -0.15) is 0 Å². The lowest BCUT2D eigenvalue weighted by Crippen LogP contribution is -2.46. The van der Waals surface area contributed by atoms with Crippen molar-refractivity contribution in [2.24, 2.45) is 11.8 Å². The van der Waals surface area contributed by atoms with Gasteiger partial charge in [-0.1, -0.05) is 19.4 Å². The van der Waals surface area contributed by atoms with Crippen LogP contribution in [-0.2, 0) is 11.8 Å². The summed E-state index contributed by atoms with van der Waals surface area (Å²) in [5.74, 6) is 2.23. The van der Waals surface area contributed by atoms with Gasteiger partial charge >= 0.3 is 0 Å². The number of nitrogens with two attached hydrogens (primary N) is 1. The molecule has 0 radical (unpaired) electrons. The molecule has 212 valence electrons. The van der Waals surface area contributed by atoms with Crippen LogP contribution in [0.3, 0.4) is 0 Å². The van der Waals surface area contributed by atoms with Crippen molar-refractivity contribution >= 4 is 27.9 Å². The number of nitrogens with one attached hydrogen (secondary N) is 1. The third kappa shape index (κ3) is 4.39. The topological polar surface area (TPSA) is 129 Å². The van der Waals surface area contributed by atoms with Crippen molar-refractivity contribution < 1.29 is 10.2 Å². The maximum atomic E-state index is 10.9. The Morgan fingerprint density at radius 3 is 2.73 bits per heavy atom. The molecule has 3 aliphatic carbocycles. The van der Waals surface area contributed by atoms with Crippen LogP contribution in [0.4, 0.5) is 5.82 Å². The number of rotatable bonds is 8. The molecular formula is C31H41N7O2. The van der Waals surface area contributed by atoms with Gasteiger partial charge < -0.3 is 30.4 Å². The van der Waals surface area contributed by atoms with Crippen molar-refractivity contribution in [1.82, 2.24) is 29.4 Å². The highest BCUT2D eigenvalue weighted by atomic mass is 16.3. The molecule has 4 atom stereocenters. The molecule has 3 aromatic heterocycles. The van der Waals surface area contributed by atoms with E-state index in [1.807, 2.05) is 16.8 Å². The Kier molecular flexibility index (Phi) is 6.36. The molecule has 40 heavy (non-hydrogen) atoms. The number of nitrogen functional groups attached to an aromatic ring is 1. The van der Waals surface area contributed by atoms with E-state index in [2.05, 4.69) is 52.0 Å². The third-order valence-electron chi connectivity index (χ3n) is 10.5. The molecule has 9 heteroatoms. The highest BCUT2D eigenvalue weighted by molar-refractivity contribution is 5.86. The van der Waals surface area contributed by atoms with Gasteiger partial charge in [-0.05, 0) is 80.7 Å². The Morgan fingerprint density at radius 1 is 1.12 bits per heavy atom. The first-order valence-corrected chi connectivity index (χ1v) is 14.9. The average molecular weight is 544 g/mol. The van der Waals surface area contributed by atoms with E-state index in [-0.39, 0.29) is 12.0 Å². The highest BCUT2D eigenvalue weighted by Crippen LogP contribution is 2.44. The summed E-state index contributed by atoms with van der Waals surface area (Å²) in [6, 6.07) is 8.96. The standard InChI is InChI=1S/C31H41N7O2/c1-31(9-3-10-31)20-5-6-23-24(15-20)36-26(35-23)7-4-18-12-21(13-18)37(2)16-19-14-25(28(40)27(19)39)38-11-8-22-29(32)33-17-34-30(22)38/h5-6,8,11,15,17-19,21,25,27-28,39-40H,3-4,7,9-10,12-14,16H2,1-2H3,(H,35,36)(H2,32,33,34)/t18?,19-,21?,25-,27-,28-/m0/s1. The number of anilines is 1. The molecule has 0 spiro atoms. The van der Waals surface area contributed by atoms with Crippen molar-refractivity contribution in [2.75, 3.05) is 19.3 Å². The second-order valence-electron chi connectivity index (χ2n) is 13.1. The lowest BCUT2D eigenvalue weighted by Gasteiger charge is -2.42. The Bertz CT molecular complexity index is 1520. The summed E-state index contributed by atoms with van der Waals surface area (Å²) >= 11 is 0. The number of aromatic amines is 1. The van der Waals surface area contributed by atoms with Crippen LogP contribution in [0.25, 0.3) is 22.1 Å². The van der Waals surface area contributed by atoms with E-state index in [9.17, 15) is 10.2 Å². The molecule has 0 unspecified atom stereocenters. The number of aliphatic hydroxyl groups is 2. The maximum Gasteiger partial charge on any atom is 0.145 e. The van der Waals surface area contributed by atoms with Crippen LogP contribution in [-0.4, -0.2) is 71.5 Å². The zero-order valence-corrected chi connectivity index (χ0v) is 23.5. The van der Waals surface area contributed by atoms with Crippen LogP contribution in [0.2, 0.25) is 0 Å². The van der Waals surface area contributed by atoms with E-state index >= 15 is 0 Å². The van der Waals surface area contributed by atoms with Crippen LogP contribution < -0.4 is 5.73 Å². The lowest BCUT2D eigenvalue weighted by atomic mass is 9.66. The average Bonchev–Trinajstić information content (AvgIpc) is 3.58. The highest BCUT2D eigenvalue weighted by Gasteiger charge is 2.44. The van der Waals surface area contributed by atoms with Gasteiger partial charge in [-0.3, -0.25) is 0 Å². The van der Waals surface area contributed by atoms with Crippen LogP contribution in [0.5, 0.6) is 0 Å². The van der Waals surface area contributed by atoms with Crippen molar-refractivity contribution in [3.05, 3.63) is 48.2 Å². The summed E-state index contributed by atoms with van der Waals surface area (Å²) in [5.41, 5.74) is 10.7. The number of H-pyrrole nitrogens is 1. The summed E-state index contributed by atoms with van der Waals surface area (Å²) in [5, 5.41) is 22.6. The van der Waals surface area contributed by atoms with Gasteiger partial charge in [0.15, 0.2) is 0 Å². The van der Waals surface area contributed by atoms with Crippen LogP contribution in [0, 0.1) is 11.8 Å². The Balaban J connectivity index is 0.917. The van der Waals surface area contributed by atoms with Crippen LogP contribution in [0.1, 0.15) is 69.3 Å². The summed E-state index contributed by atoms with van der Waals surface area (Å²) in [6.45, 7) is 3.15. The minimum Gasteiger partial charge on any atom is -0.390 e. The molecule has 3 heterocycles. The van der Waals surface area contributed by atoms with E-state index in [0.29, 0.717) is 35.3 Å². The normalized spacial score (nSPS) is 29.7. The van der Waals surface area contributed by atoms with Crippen molar-refractivity contribution in [1.29, 1.82) is 0 Å². The van der Waals surface area contributed by atoms with Crippen LogP contribution >= 0.6 is 0 Å². The summed E-state index contributed by atoms with van der Waals surface area (Å²) < 4.78 is 1.95. The van der Waals surface area contributed by atoms with Gasteiger partial charge in [-0.15, -0.1) is 0 Å². The summed E-state index contributed by atoms with van der Waals surface area (Å²) in [4.78, 5) is 19.3. The number of benzene rings is 1. The second kappa shape index (κ2) is 9.82. The Hall–Kier alpha value is -3.01. The van der Waals surface area contributed by atoms with Gasteiger partial charge in [0.2, 0.25) is 0 Å². The molecule has 4 aromatic rings. The number of fused-ring (bicyclic) bond motifs is 2. The molecule has 0 bridgehead atoms. The minimum absolute atomic E-state index is 0.00307. The molecule has 7 rings (SSSR count). The lowest BCUT2D eigenvalue weighted by molar-refractivity contribution is -0.00658. The van der Waals surface area contributed by atoms with E-state index in [0.717, 1.165) is 41.6 Å². The zero-order valence-electron chi connectivity index (χ0n) is 23.5. The Morgan fingerprint density at radius 2 is 1.95 bits per heavy atom. The maximum absolute atomic E-state index is 10.9. The molecule has 9 nitrogen and oxygen atoms in total. The van der Waals surface area contributed by atoms with Gasteiger partial charge in [0.1, 0.15) is 29.7 Å². The molecule has 3 fully saturated rings. The van der Waals surface area contributed by atoms with Crippen molar-refractivity contribution in [3.8, 4) is 0 Å². The zero-order chi connectivity index (χ0) is 27.6. The fourth-order valence-corrected chi connectivity index (χ4v) is 7.52. The largest absolute Gasteiger partial charge is 0.390 e. The number of hydrogen-bond acceptors (Lipinski definition) is 7. The Labute approximate surface area is 234 Å². The van der Waals surface area contributed by atoms with Crippen LogP contribution in [0.15, 0.2) is 36.8 Å². The summed E-state index contributed by atoms with van der Waals surface area (Å²) in [7, 11) is 2.16. The molecule has 3 saturated carbocycles. The molecule has 3 aliphatic rings. The number of nitrogens with zero attached hydrogens (tertiary/aromatic N) is 5. The quantitative estimate of drug-likeness (QED) is 0.265. The van der Waals surface area contributed by atoms with Gasteiger partial charge in [0, 0.05) is 31.1 Å². The summed E-state index contributed by atoms with van der Waals surface area (Å²) in [6.07, 6.45) is 10.8. The molecule has 0 saturated heterocycles. The molecule has 0 aliphatic heterocycles. The van der Waals surface area contributed by atoms with Crippen molar-refractivity contribution in [2.45, 2.75) is 88.0 Å². The second-order valence-corrected chi connectivity index (χ2v) is 13.1. The fraction of sp³-hybridized carbons (Fsp3) is 0.581. The molecular weight excluding hydrogens is 502 g/mol. The van der Waals surface area contributed by atoms with Gasteiger partial charge in [-0.25, -0.2) is 15.0 Å².